The van der Waals surface area contributed by atoms with Crippen molar-refractivity contribution in [3.05, 3.63) is 21.9 Å². The maximum Gasteiger partial charge on any atom is 0.0593 e. The van der Waals surface area contributed by atoms with E-state index >= 15 is 0 Å². The first-order valence-corrected chi connectivity index (χ1v) is 8.57. The molecule has 0 amide bonds. The van der Waals surface area contributed by atoms with Gasteiger partial charge in [0.2, 0.25) is 0 Å². The van der Waals surface area contributed by atoms with Crippen LogP contribution in [0.4, 0.5) is 0 Å². The van der Waals surface area contributed by atoms with Gasteiger partial charge in [0.05, 0.1) is 6.04 Å². The van der Waals surface area contributed by atoms with Gasteiger partial charge in [-0.1, -0.05) is 6.92 Å². The maximum atomic E-state index is 6.45. The summed E-state index contributed by atoms with van der Waals surface area (Å²) in [5.41, 5.74) is 6.45. The summed E-state index contributed by atoms with van der Waals surface area (Å²) in [6.07, 6.45) is 3.53. The number of nitrogens with zero attached hydrogens (tertiary/aromatic N) is 2. The lowest BCUT2D eigenvalue weighted by Gasteiger charge is -2.41. The summed E-state index contributed by atoms with van der Waals surface area (Å²) >= 11 is 1.90. The zero-order chi connectivity index (χ0) is 14.7. The summed E-state index contributed by atoms with van der Waals surface area (Å²) in [6, 6.07) is 5.74. The molecule has 0 aliphatic carbocycles. The molecular formula is C16H29N3S. The molecule has 20 heavy (non-hydrogen) atoms. The molecule has 4 heteroatoms. The largest absolute Gasteiger partial charge is 0.326 e. The third-order valence-corrected chi connectivity index (χ3v) is 5.70. The van der Waals surface area contributed by atoms with Crippen LogP contribution in [0.3, 0.4) is 0 Å². The van der Waals surface area contributed by atoms with Crippen molar-refractivity contribution in [1.82, 2.24) is 9.80 Å². The highest BCUT2D eigenvalue weighted by molar-refractivity contribution is 7.12. The van der Waals surface area contributed by atoms with Crippen LogP contribution in [0.2, 0.25) is 0 Å². The van der Waals surface area contributed by atoms with E-state index in [4.69, 9.17) is 5.73 Å². The molecule has 1 aliphatic rings. The first kappa shape index (κ1) is 16.0. The summed E-state index contributed by atoms with van der Waals surface area (Å²) in [7, 11) is 4.49. The molecule has 1 fully saturated rings. The molecule has 0 saturated carbocycles. The van der Waals surface area contributed by atoms with Crippen LogP contribution in [0.5, 0.6) is 0 Å². The molecule has 0 radical (unpaired) electrons. The first-order chi connectivity index (χ1) is 9.52. The molecule has 1 aromatic heterocycles. The van der Waals surface area contributed by atoms with Crippen LogP contribution in [-0.4, -0.2) is 49.1 Å². The normalized spacial score (nSPS) is 21.3. The predicted octanol–water partition coefficient (Wildman–Crippen LogP) is 2.86. The average molecular weight is 295 g/mol. The van der Waals surface area contributed by atoms with Gasteiger partial charge in [-0.25, -0.2) is 0 Å². The van der Waals surface area contributed by atoms with Crippen molar-refractivity contribution in [2.24, 2.45) is 5.73 Å². The van der Waals surface area contributed by atoms with Gasteiger partial charge in [-0.3, -0.25) is 4.90 Å². The Bertz CT molecular complexity index is 410. The highest BCUT2D eigenvalue weighted by Gasteiger charge is 2.30. The smallest absolute Gasteiger partial charge is 0.0593 e. The summed E-state index contributed by atoms with van der Waals surface area (Å²) < 4.78 is 0. The number of likely N-dealkylation sites (tertiary alicyclic amines) is 1. The quantitative estimate of drug-likeness (QED) is 0.906. The van der Waals surface area contributed by atoms with E-state index < -0.39 is 0 Å². The Morgan fingerprint density at radius 3 is 2.55 bits per heavy atom. The second-order valence-electron chi connectivity index (χ2n) is 6.17. The molecule has 0 spiro atoms. The molecule has 1 aliphatic heterocycles. The second kappa shape index (κ2) is 7.03. The monoisotopic (exact) mass is 295 g/mol. The lowest BCUT2D eigenvalue weighted by molar-refractivity contribution is 0.0950. The van der Waals surface area contributed by atoms with Crippen molar-refractivity contribution in [2.45, 2.75) is 51.2 Å². The molecule has 0 bridgehead atoms. The van der Waals surface area contributed by atoms with Crippen LogP contribution in [0.1, 0.15) is 42.0 Å². The van der Waals surface area contributed by atoms with Crippen molar-refractivity contribution in [3.63, 3.8) is 0 Å². The number of thiophene rings is 1. The van der Waals surface area contributed by atoms with E-state index in [9.17, 15) is 0 Å². The van der Waals surface area contributed by atoms with Gasteiger partial charge in [0.25, 0.3) is 0 Å². The van der Waals surface area contributed by atoms with Crippen molar-refractivity contribution >= 4 is 11.3 Å². The first-order valence-electron chi connectivity index (χ1n) is 7.75. The Labute approximate surface area is 127 Å². The highest BCUT2D eigenvalue weighted by atomic mass is 32.1. The fraction of sp³-hybridized carbons (Fsp3) is 0.750. The van der Waals surface area contributed by atoms with E-state index in [1.807, 2.05) is 11.3 Å². The number of piperidine rings is 1. The SMILES string of the molecule is CCC(N)C(c1ccc(C)s1)N(C)C1CCN(C)CC1. The summed E-state index contributed by atoms with van der Waals surface area (Å²) in [6.45, 7) is 6.78. The Morgan fingerprint density at radius 1 is 1.40 bits per heavy atom. The Hall–Kier alpha value is -0.420. The Balaban J connectivity index is 2.14. The molecule has 114 valence electrons. The molecule has 3 nitrogen and oxygen atoms in total. The fourth-order valence-electron chi connectivity index (χ4n) is 3.18. The second-order valence-corrected chi connectivity index (χ2v) is 7.48. The van der Waals surface area contributed by atoms with E-state index in [1.165, 1.54) is 35.7 Å². The van der Waals surface area contributed by atoms with Crippen molar-refractivity contribution in [1.29, 1.82) is 0 Å². The summed E-state index contributed by atoms with van der Waals surface area (Å²) in [4.78, 5) is 7.78. The van der Waals surface area contributed by atoms with Crippen LogP contribution >= 0.6 is 11.3 Å². The molecule has 2 unspecified atom stereocenters. The van der Waals surface area contributed by atoms with E-state index in [-0.39, 0.29) is 6.04 Å². The van der Waals surface area contributed by atoms with Gasteiger partial charge in [-0.15, -0.1) is 11.3 Å². The minimum atomic E-state index is 0.220. The molecule has 2 N–H and O–H groups in total. The number of hydrogen-bond acceptors (Lipinski definition) is 4. The Kier molecular flexibility index (Phi) is 5.61. The molecule has 2 rings (SSSR count). The van der Waals surface area contributed by atoms with Gasteiger partial charge in [0.15, 0.2) is 0 Å². The van der Waals surface area contributed by atoms with Gasteiger partial charge in [0, 0.05) is 21.8 Å². The van der Waals surface area contributed by atoms with Crippen LogP contribution in [-0.2, 0) is 0 Å². The predicted molar refractivity (Wildman–Crippen MR) is 88.3 cm³/mol. The third kappa shape index (κ3) is 3.61. The summed E-state index contributed by atoms with van der Waals surface area (Å²) in [5.74, 6) is 0. The zero-order valence-corrected chi connectivity index (χ0v) is 14.1. The van der Waals surface area contributed by atoms with Gasteiger partial charge >= 0.3 is 0 Å². The van der Waals surface area contributed by atoms with Crippen LogP contribution in [0.15, 0.2) is 12.1 Å². The van der Waals surface area contributed by atoms with Crippen molar-refractivity contribution in [3.8, 4) is 0 Å². The maximum absolute atomic E-state index is 6.45. The summed E-state index contributed by atoms with van der Waals surface area (Å²) in [5, 5.41) is 0. The van der Waals surface area contributed by atoms with E-state index in [1.54, 1.807) is 0 Å². The van der Waals surface area contributed by atoms with Crippen molar-refractivity contribution in [2.75, 3.05) is 27.2 Å². The average Bonchev–Trinajstić information content (AvgIpc) is 2.85. The van der Waals surface area contributed by atoms with E-state index in [2.05, 4.69) is 49.9 Å². The minimum Gasteiger partial charge on any atom is -0.326 e. The van der Waals surface area contributed by atoms with Gasteiger partial charge in [-0.05, 0) is 65.5 Å². The lowest BCUT2D eigenvalue weighted by atomic mass is 9.97. The third-order valence-electron chi connectivity index (χ3n) is 4.63. The number of nitrogens with two attached hydrogens (primary N) is 1. The number of likely N-dealkylation sites (N-methyl/N-ethyl adjacent to an activating group) is 1. The highest BCUT2D eigenvalue weighted by Crippen LogP contribution is 2.33. The molecule has 1 aromatic rings. The van der Waals surface area contributed by atoms with Gasteiger partial charge in [-0.2, -0.15) is 0 Å². The number of rotatable bonds is 5. The van der Waals surface area contributed by atoms with Gasteiger partial charge in [0.1, 0.15) is 0 Å². The molecule has 2 heterocycles. The molecule has 2 atom stereocenters. The van der Waals surface area contributed by atoms with Crippen LogP contribution in [0.25, 0.3) is 0 Å². The van der Waals surface area contributed by atoms with Crippen LogP contribution in [0, 0.1) is 6.92 Å². The number of hydrogen-bond donors (Lipinski definition) is 1. The topological polar surface area (TPSA) is 32.5 Å². The number of aryl methyl sites for hydroxylation is 1. The van der Waals surface area contributed by atoms with Gasteiger partial charge < -0.3 is 10.6 Å². The molecule has 1 saturated heterocycles. The van der Waals surface area contributed by atoms with Crippen molar-refractivity contribution < 1.29 is 0 Å². The fourth-order valence-corrected chi connectivity index (χ4v) is 4.28. The standard InChI is InChI=1S/C16H29N3S/c1-5-14(17)16(15-7-6-12(2)20-15)19(4)13-8-10-18(3)11-9-13/h6-7,13-14,16H,5,8-11,17H2,1-4H3. The van der Waals surface area contributed by atoms with Crippen LogP contribution < -0.4 is 5.73 Å². The molecule has 0 aromatic carbocycles. The van der Waals surface area contributed by atoms with E-state index in [0.29, 0.717) is 12.1 Å². The molecular weight excluding hydrogens is 266 g/mol. The van der Waals surface area contributed by atoms with E-state index in [0.717, 1.165) is 6.42 Å². The zero-order valence-electron chi connectivity index (χ0n) is 13.3. The Morgan fingerprint density at radius 2 is 2.05 bits per heavy atom. The lowest BCUT2D eigenvalue weighted by Crippen LogP contribution is -2.47. The minimum absolute atomic E-state index is 0.220.